The van der Waals surface area contributed by atoms with Gasteiger partial charge in [0.15, 0.2) is 6.10 Å². The molecular formula is C34H22Br3NO4S. The molecule has 1 N–H and O–H groups in total. The molecule has 0 radical (unpaired) electrons. The Morgan fingerprint density at radius 1 is 0.907 bits per heavy atom. The number of carbonyl (C=O) groups is 2. The summed E-state index contributed by atoms with van der Waals surface area (Å²) in [6.45, 7) is 0.738. The molecule has 0 bridgehead atoms. The molecule has 7 rings (SSSR count). The van der Waals surface area contributed by atoms with Gasteiger partial charge in [0.25, 0.3) is 5.91 Å². The van der Waals surface area contributed by atoms with Gasteiger partial charge in [-0.15, -0.1) is 11.3 Å². The molecule has 5 nitrogen and oxygen atoms in total. The number of hydrogen-bond donors (Lipinski definition) is 1. The third-order valence-electron chi connectivity index (χ3n) is 7.86. The van der Waals surface area contributed by atoms with E-state index < -0.39 is 12.1 Å². The van der Waals surface area contributed by atoms with Crippen molar-refractivity contribution in [1.29, 1.82) is 0 Å². The Hall–Kier alpha value is -3.24. The predicted octanol–water partition coefficient (Wildman–Crippen LogP) is 10.0. The lowest BCUT2D eigenvalue weighted by Crippen LogP contribution is -2.34. The molecule has 0 unspecified atom stereocenters. The molecule has 1 aliphatic heterocycles. The third-order valence-corrected chi connectivity index (χ3v) is 11.3. The van der Waals surface area contributed by atoms with E-state index in [4.69, 9.17) is 4.74 Å². The first-order chi connectivity index (χ1) is 20.8. The highest BCUT2D eigenvalue weighted by atomic mass is 79.9. The Kier molecular flexibility index (Phi) is 7.53. The minimum atomic E-state index is -1.14. The van der Waals surface area contributed by atoms with Crippen molar-refractivity contribution in [3.05, 3.63) is 109 Å². The molecular weight excluding hydrogens is 758 g/mol. The number of amides is 1. The number of hydrogen-bond acceptors (Lipinski definition) is 4. The van der Waals surface area contributed by atoms with Crippen molar-refractivity contribution in [3.63, 3.8) is 0 Å². The third kappa shape index (κ3) is 4.96. The molecule has 0 saturated carbocycles. The van der Waals surface area contributed by atoms with E-state index in [-0.39, 0.29) is 18.9 Å². The molecule has 0 saturated heterocycles. The van der Waals surface area contributed by atoms with Crippen molar-refractivity contribution in [2.24, 2.45) is 0 Å². The maximum Gasteiger partial charge on any atom is 0.344 e. The fourth-order valence-corrected chi connectivity index (χ4v) is 9.18. The number of fused-ring (bicyclic) bond motifs is 5. The van der Waals surface area contributed by atoms with Crippen LogP contribution in [0, 0.1) is 0 Å². The van der Waals surface area contributed by atoms with Crippen LogP contribution in [0.25, 0.3) is 42.1 Å². The van der Waals surface area contributed by atoms with E-state index in [1.807, 2.05) is 42.5 Å². The SMILES string of the molecule is O=C(O)[C@@H](CCN1Cc2ccccc2C1=O)Oc1c(Br)cc(-c2c3ccccc3c(Br)c3sc4ccccc4c23)cc1Br. The lowest BCUT2D eigenvalue weighted by molar-refractivity contribution is -0.145. The molecule has 0 aliphatic carbocycles. The summed E-state index contributed by atoms with van der Waals surface area (Å²) >= 11 is 13.0. The Morgan fingerprint density at radius 3 is 2.28 bits per heavy atom. The lowest BCUT2D eigenvalue weighted by Gasteiger charge is -2.22. The van der Waals surface area contributed by atoms with Crippen LogP contribution >= 0.6 is 59.1 Å². The summed E-state index contributed by atoms with van der Waals surface area (Å²) in [5, 5.41) is 14.6. The van der Waals surface area contributed by atoms with Crippen LogP contribution in [0.5, 0.6) is 5.75 Å². The Morgan fingerprint density at radius 2 is 1.56 bits per heavy atom. The van der Waals surface area contributed by atoms with Crippen LogP contribution in [0.1, 0.15) is 22.3 Å². The van der Waals surface area contributed by atoms with Gasteiger partial charge in [0.05, 0.1) is 13.6 Å². The number of aliphatic carboxylic acids is 1. The van der Waals surface area contributed by atoms with Gasteiger partial charge in [-0.3, -0.25) is 4.79 Å². The molecule has 1 amide bonds. The van der Waals surface area contributed by atoms with E-state index in [1.165, 1.54) is 20.2 Å². The normalized spacial score (nSPS) is 13.7. The molecule has 43 heavy (non-hydrogen) atoms. The summed E-state index contributed by atoms with van der Waals surface area (Å²) in [5.74, 6) is -0.766. The highest BCUT2D eigenvalue weighted by Gasteiger charge is 2.30. The monoisotopic (exact) mass is 777 g/mol. The first-order valence-electron chi connectivity index (χ1n) is 13.6. The topological polar surface area (TPSA) is 66.8 Å². The molecule has 9 heteroatoms. The molecule has 0 spiro atoms. The first-order valence-corrected chi connectivity index (χ1v) is 16.8. The van der Waals surface area contributed by atoms with Gasteiger partial charge < -0.3 is 14.7 Å². The minimum Gasteiger partial charge on any atom is -0.479 e. The second-order valence-electron chi connectivity index (χ2n) is 10.4. The van der Waals surface area contributed by atoms with Gasteiger partial charge in [-0.1, -0.05) is 60.7 Å². The summed E-state index contributed by atoms with van der Waals surface area (Å²) in [5.41, 5.74) is 3.69. The number of carboxylic acids is 1. The number of ether oxygens (including phenoxy) is 1. The van der Waals surface area contributed by atoms with Crippen LogP contribution in [0.3, 0.4) is 0 Å². The summed E-state index contributed by atoms with van der Waals surface area (Å²) in [4.78, 5) is 26.8. The van der Waals surface area contributed by atoms with Crippen molar-refractivity contribution < 1.29 is 19.4 Å². The van der Waals surface area contributed by atoms with Crippen molar-refractivity contribution >= 4 is 102 Å². The zero-order chi connectivity index (χ0) is 29.8. The van der Waals surface area contributed by atoms with Gasteiger partial charge in [-0.2, -0.15) is 0 Å². The van der Waals surface area contributed by atoms with Crippen molar-refractivity contribution in [3.8, 4) is 16.9 Å². The Balaban J connectivity index is 1.25. The highest BCUT2D eigenvalue weighted by molar-refractivity contribution is 9.11. The standard InChI is InChI=1S/C34H22Br3NO4S/c35-24-15-19(28-21-9-3-4-10-22(21)30(37)32-29(28)23-11-5-6-12-27(23)43-32)16-25(36)31(24)42-26(34(40)41)13-14-38-17-18-7-1-2-8-20(18)33(38)39/h1-12,15-16,26H,13-14,17H2,(H,40,41)/t26-/m1/s1. The van der Waals surface area contributed by atoms with Gasteiger partial charge in [-0.05, 0) is 99.5 Å². The molecule has 214 valence electrons. The van der Waals surface area contributed by atoms with E-state index in [9.17, 15) is 14.7 Å². The van der Waals surface area contributed by atoms with Crippen molar-refractivity contribution in [2.75, 3.05) is 6.54 Å². The lowest BCUT2D eigenvalue weighted by atomic mass is 9.93. The molecule has 6 aromatic rings. The number of benzene rings is 5. The zero-order valence-electron chi connectivity index (χ0n) is 22.4. The molecule has 1 aromatic heterocycles. The summed E-state index contributed by atoms with van der Waals surface area (Å²) in [7, 11) is 0. The molecule has 1 aliphatic rings. The average Bonchev–Trinajstić information content (AvgIpc) is 3.54. The minimum absolute atomic E-state index is 0.0829. The summed E-state index contributed by atoms with van der Waals surface area (Å²) in [6, 6.07) is 28.2. The number of nitrogens with zero attached hydrogens (tertiary/aromatic N) is 1. The second kappa shape index (κ2) is 11.4. The van der Waals surface area contributed by atoms with E-state index in [1.54, 1.807) is 22.3 Å². The number of halogens is 3. The first kappa shape index (κ1) is 28.5. The van der Waals surface area contributed by atoms with Gasteiger partial charge in [-0.25, -0.2) is 4.79 Å². The van der Waals surface area contributed by atoms with Crippen LogP contribution in [0.2, 0.25) is 0 Å². The summed E-state index contributed by atoms with van der Waals surface area (Å²) in [6.07, 6.45) is -0.995. The fraction of sp³-hybridized carbons (Fsp3) is 0.118. The second-order valence-corrected chi connectivity index (χ2v) is 14.0. The van der Waals surface area contributed by atoms with Gasteiger partial charge in [0.1, 0.15) is 5.75 Å². The molecule has 5 aromatic carbocycles. The van der Waals surface area contributed by atoms with Crippen LogP contribution in [0.4, 0.5) is 0 Å². The van der Waals surface area contributed by atoms with Crippen LogP contribution in [0.15, 0.2) is 98.3 Å². The smallest absolute Gasteiger partial charge is 0.344 e. The molecule has 0 fully saturated rings. The summed E-state index contributed by atoms with van der Waals surface area (Å²) < 4.78 is 10.8. The number of carbonyl (C=O) groups excluding carboxylic acids is 1. The quantitative estimate of drug-likeness (QED) is 0.175. The predicted molar refractivity (Wildman–Crippen MR) is 183 cm³/mol. The van der Waals surface area contributed by atoms with E-state index in [0.29, 0.717) is 26.8 Å². The number of rotatable bonds is 7. The maximum atomic E-state index is 12.8. The highest BCUT2D eigenvalue weighted by Crippen LogP contribution is 2.50. The molecule has 2 heterocycles. The fourth-order valence-electron chi connectivity index (χ4n) is 5.86. The van der Waals surface area contributed by atoms with E-state index in [2.05, 4.69) is 84.2 Å². The van der Waals surface area contributed by atoms with Gasteiger partial charge in [0.2, 0.25) is 0 Å². The number of thiophene rings is 1. The van der Waals surface area contributed by atoms with Crippen molar-refractivity contribution in [2.45, 2.75) is 19.1 Å². The average molecular weight is 780 g/mol. The Bertz CT molecular complexity index is 2080. The van der Waals surface area contributed by atoms with Crippen LogP contribution in [-0.4, -0.2) is 34.5 Å². The zero-order valence-corrected chi connectivity index (χ0v) is 28.0. The Labute approximate surface area is 276 Å². The van der Waals surface area contributed by atoms with E-state index >= 15 is 0 Å². The van der Waals surface area contributed by atoms with E-state index in [0.717, 1.165) is 31.9 Å². The largest absolute Gasteiger partial charge is 0.479 e. The van der Waals surface area contributed by atoms with Crippen LogP contribution in [-0.2, 0) is 11.3 Å². The van der Waals surface area contributed by atoms with Crippen LogP contribution < -0.4 is 4.74 Å². The van der Waals surface area contributed by atoms with Gasteiger partial charge in [0, 0.05) is 45.0 Å². The molecule has 1 atom stereocenters. The van der Waals surface area contributed by atoms with Gasteiger partial charge >= 0.3 is 5.97 Å². The number of carboxylic acid groups (broad SMARTS) is 1. The van der Waals surface area contributed by atoms with Crippen molar-refractivity contribution in [1.82, 2.24) is 4.90 Å². The maximum absolute atomic E-state index is 12.8.